The smallest absolute Gasteiger partial charge is 0.321 e. The van der Waals surface area contributed by atoms with Crippen LogP contribution in [0.25, 0.3) is 0 Å². The van der Waals surface area contributed by atoms with E-state index in [1.165, 1.54) is 5.56 Å². The Hall–Kier alpha value is -2.34. The van der Waals surface area contributed by atoms with Gasteiger partial charge in [0, 0.05) is 36.6 Å². The molecular formula is C17H20N4O2. The Morgan fingerprint density at radius 3 is 3.09 bits per heavy atom. The fraction of sp³-hybridized carbons (Fsp3) is 0.412. The van der Waals surface area contributed by atoms with Crippen LogP contribution in [-0.4, -0.2) is 34.2 Å². The number of aromatic amines is 1. The molecule has 6 nitrogen and oxygen atoms in total. The maximum atomic E-state index is 12.5. The number of carbonyl (C=O) groups excluding carboxylic acids is 1. The molecule has 1 aromatic carbocycles. The minimum absolute atomic E-state index is 0.0342. The topological polar surface area (TPSA) is 70.2 Å². The number of ether oxygens (including phenoxy) is 1. The molecule has 2 aromatic rings. The zero-order valence-corrected chi connectivity index (χ0v) is 12.9. The Kier molecular flexibility index (Phi) is 3.75. The maximum absolute atomic E-state index is 12.5. The van der Waals surface area contributed by atoms with E-state index in [0.717, 1.165) is 42.9 Å². The van der Waals surface area contributed by atoms with Crippen molar-refractivity contribution in [3.63, 3.8) is 0 Å². The third kappa shape index (κ3) is 2.94. The highest BCUT2D eigenvalue weighted by Crippen LogP contribution is 2.27. The summed E-state index contributed by atoms with van der Waals surface area (Å²) in [5.74, 6) is 0.338. The molecular weight excluding hydrogens is 292 g/mol. The van der Waals surface area contributed by atoms with Crippen LogP contribution >= 0.6 is 0 Å². The number of urea groups is 1. The summed E-state index contributed by atoms with van der Waals surface area (Å²) in [6.45, 7) is 2.82. The molecule has 4 rings (SSSR count). The average molecular weight is 312 g/mol. The molecule has 0 spiro atoms. The number of fused-ring (bicyclic) bond motifs is 1. The lowest BCUT2D eigenvalue weighted by molar-refractivity contribution is 0.134. The Labute approximate surface area is 134 Å². The summed E-state index contributed by atoms with van der Waals surface area (Å²) in [6.07, 6.45) is 3.86. The van der Waals surface area contributed by atoms with E-state index in [1.807, 2.05) is 29.2 Å². The van der Waals surface area contributed by atoms with Gasteiger partial charge in [0.25, 0.3) is 0 Å². The van der Waals surface area contributed by atoms with Gasteiger partial charge in [-0.25, -0.2) is 4.79 Å². The number of H-pyrrole nitrogens is 1. The van der Waals surface area contributed by atoms with Crippen molar-refractivity contribution >= 4 is 11.7 Å². The summed E-state index contributed by atoms with van der Waals surface area (Å²) in [5, 5.41) is 10.0. The van der Waals surface area contributed by atoms with Crippen LogP contribution in [-0.2, 0) is 18.0 Å². The second-order valence-corrected chi connectivity index (χ2v) is 6.20. The van der Waals surface area contributed by atoms with E-state index in [-0.39, 0.29) is 6.03 Å². The first-order chi connectivity index (χ1) is 11.3. The molecule has 0 aliphatic carbocycles. The zero-order valence-electron chi connectivity index (χ0n) is 12.9. The number of nitrogens with zero attached hydrogens (tertiary/aromatic N) is 2. The third-order valence-electron chi connectivity index (χ3n) is 4.64. The van der Waals surface area contributed by atoms with Gasteiger partial charge in [-0.3, -0.25) is 5.10 Å². The Morgan fingerprint density at radius 2 is 2.22 bits per heavy atom. The molecule has 1 atom stereocenters. The number of hydrogen-bond acceptors (Lipinski definition) is 3. The molecule has 2 N–H and O–H groups in total. The normalized spacial score (nSPS) is 20.3. The van der Waals surface area contributed by atoms with Gasteiger partial charge >= 0.3 is 6.03 Å². The molecule has 0 saturated carbocycles. The van der Waals surface area contributed by atoms with Gasteiger partial charge in [0.05, 0.1) is 13.2 Å². The van der Waals surface area contributed by atoms with E-state index < -0.39 is 0 Å². The summed E-state index contributed by atoms with van der Waals surface area (Å²) < 4.78 is 5.41. The van der Waals surface area contributed by atoms with E-state index in [1.54, 1.807) is 6.20 Å². The second kappa shape index (κ2) is 6.04. The number of aromatic nitrogens is 2. The van der Waals surface area contributed by atoms with Crippen molar-refractivity contribution in [2.24, 2.45) is 0 Å². The standard InChI is InChI=1S/C17H20N4O2/c22-17(19-15-4-3-13-10-23-11-14(13)8-15)21-7-1-2-12(9-21)16-5-6-18-20-16/h3-6,8,12H,1-2,7,9-11H2,(H,18,20)(H,19,22)/t12-/m0/s1. The Balaban J connectivity index is 1.42. The number of piperidine rings is 1. The Bertz CT molecular complexity index is 699. The molecule has 1 saturated heterocycles. The molecule has 1 fully saturated rings. The largest absolute Gasteiger partial charge is 0.372 e. The average Bonchev–Trinajstić information content (AvgIpc) is 3.26. The van der Waals surface area contributed by atoms with Crippen molar-refractivity contribution in [1.82, 2.24) is 15.1 Å². The van der Waals surface area contributed by atoms with Gasteiger partial charge in [-0.05, 0) is 42.2 Å². The van der Waals surface area contributed by atoms with Crippen LogP contribution in [0.5, 0.6) is 0 Å². The van der Waals surface area contributed by atoms with Crippen LogP contribution in [0, 0.1) is 0 Å². The van der Waals surface area contributed by atoms with E-state index in [4.69, 9.17) is 4.74 Å². The maximum Gasteiger partial charge on any atom is 0.321 e. The van der Waals surface area contributed by atoms with E-state index in [2.05, 4.69) is 15.5 Å². The highest BCUT2D eigenvalue weighted by atomic mass is 16.5. The third-order valence-corrected chi connectivity index (χ3v) is 4.64. The van der Waals surface area contributed by atoms with Crippen molar-refractivity contribution in [3.8, 4) is 0 Å². The molecule has 2 amide bonds. The highest BCUT2D eigenvalue weighted by molar-refractivity contribution is 5.89. The van der Waals surface area contributed by atoms with Gasteiger partial charge in [-0.2, -0.15) is 5.10 Å². The van der Waals surface area contributed by atoms with Crippen LogP contribution in [0.1, 0.15) is 35.6 Å². The van der Waals surface area contributed by atoms with E-state index in [9.17, 15) is 4.79 Å². The fourth-order valence-electron chi connectivity index (χ4n) is 3.36. The molecule has 2 aliphatic heterocycles. The summed E-state index contributed by atoms with van der Waals surface area (Å²) in [5.41, 5.74) is 4.32. The lowest BCUT2D eigenvalue weighted by atomic mass is 9.95. The fourth-order valence-corrected chi connectivity index (χ4v) is 3.36. The first-order valence-electron chi connectivity index (χ1n) is 8.04. The number of rotatable bonds is 2. The predicted octanol–water partition coefficient (Wildman–Crippen LogP) is 2.85. The summed E-state index contributed by atoms with van der Waals surface area (Å²) in [4.78, 5) is 14.4. The summed E-state index contributed by atoms with van der Waals surface area (Å²) in [6, 6.07) is 7.94. The molecule has 120 valence electrons. The predicted molar refractivity (Wildman–Crippen MR) is 86.1 cm³/mol. The van der Waals surface area contributed by atoms with Gasteiger partial charge in [-0.1, -0.05) is 6.07 Å². The van der Waals surface area contributed by atoms with Crippen molar-refractivity contribution < 1.29 is 9.53 Å². The molecule has 6 heteroatoms. The number of nitrogens with one attached hydrogen (secondary N) is 2. The van der Waals surface area contributed by atoms with Gasteiger partial charge in [0.1, 0.15) is 0 Å². The number of benzene rings is 1. The van der Waals surface area contributed by atoms with E-state index >= 15 is 0 Å². The first-order valence-corrected chi connectivity index (χ1v) is 8.04. The van der Waals surface area contributed by atoms with E-state index in [0.29, 0.717) is 19.1 Å². The van der Waals surface area contributed by atoms with Gasteiger partial charge < -0.3 is 15.0 Å². The molecule has 3 heterocycles. The molecule has 23 heavy (non-hydrogen) atoms. The van der Waals surface area contributed by atoms with Gasteiger partial charge in [0.15, 0.2) is 0 Å². The molecule has 0 unspecified atom stereocenters. The SMILES string of the molecule is O=C(Nc1ccc2c(c1)COC2)N1CCC[C@H](c2ccn[nH]2)C1. The van der Waals surface area contributed by atoms with Crippen molar-refractivity contribution in [2.75, 3.05) is 18.4 Å². The number of amides is 2. The van der Waals surface area contributed by atoms with Crippen molar-refractivity contribution in [2.45, 2.75) is 32.0 Å². The zero-order chi connectivity index (χ0) is 15.6. The highest BCUT2D eigenvalue weighted by Gasteiger charge is 2.25. The number of hydrogen-bond donors (Lipinski definition) is 2. The molecule has 1 aromatic heterocycles. The van der Waals surface area contributed by atoms with Crippen LogP contribution in [0.2, 0.25) is 0 Å². The lowest BCUT2D eigenvalue weighted by Gasteiger charge is -2.32. The minimum atomic E-state index is -0.0342. The van der Waals surface area contributed by atoms with Gasteiger partial charge in [0.2, 0.25) is 0 Å². The van der Waals surface area contributed by atoms with Crippen LogP contribution < -0.4 is 5.32 Å². The summed E-state index contributed by atoms with van der Waals surface area (Å²) in [7, 11) is 0. The van der Waals surface area contributed by atoms with Crippen LogP contribution in [0.15, 0.2) is 30.5 Å². The number of anilines is 1. The monoisotopic (exact) mass is 312 g/mol. The van der Waals surface area contributed by atoms with Crippen LogP contribution in [0.3, 0.4) is 0 Å². The second-order valence-electron chi connectivity index (χ2n) is 6.20. The molecule has 0 bridgehead atoms. The summed E-state index contributed by atoms with van der Waals surface area (Å²) >= 11 is 0. The minimum Gasteiger partial charge on any atom is -0.372 e. The number of carbonyl (C=O) groups is 1. The molecule has 2 aliphatic rings. The number of likely N-dealkylation sites (tertiary alicyclic amines) is 1. The lowest BCUT2D eigenvalue weighted by Crippen LogP contribution is -2.41. The quantitative estimate of drug-likeness (QED) is 0.896. The van der Waals surface area contributed by atoms with Crippen molar-refractivity contribution in [3.05, 3.63) is 47.3 Å². The first kappa shape index (κ1) is 14.3. The van der Waals surface area contributed by atoms with Crippen LogP contribution in [0.4, 0.5) is 10.5 Å². The van der Waals surface area contributed by atoms with Crippen molar-refractivity contribution in [1.29, 1.82) is 0 Å². The molecule has 0 radical (unpaired) electrons. The van der Waals surface area contributed by atoms with Gasteiger partial charge in [-0.15, -0.1) is 0 Å². The Morgan fingerprint density at radius 1 is 1.30 bits per heavy atom.